The van der Waals surface area contributed by atoms with Crippen molar-refractivity contribution in [1.82, 2.24) is 0 Å². The molecule has 0 aromatic heterocycles. The molecular weight excluding hydrogens is 545 g/mol. The fourth-order valence-corrected chi connectivity index (χ4v) is 4.39. The van der Waals surface area contributed by atoms with Crippen LogP contribution in [0.5, 0.6) is 0 Å². The molecule has 0 radical (unpaired) electrons. The van der Waals surface area contributed by atoms with Crippen molar-refractivity contribution < 1.29 is 45.1 Å². The molecule has 0 spiro atoms. The molecule has 0 N–H and O–H groups in total. The van der Waals surface area contributed by atoms with Gasteiger partial charge in [-0.15, -0.1) is 0 Å². The Morgan fingerprint density at radius 2 is 1.27 bits per heavy atom. The lowest BCUT2D eigenvalue weighted by Crippen LogP contribution is -2.50. The first-order valence-electron chi connectivity index (χ1n) is 11.7. The number of halogens is 7. The number of ether oxygens (including phenoxy) is 1. The molecule has 0 aliphatic heterocycles. The first-order valence-corrected chi connectivity index (χ1v) is 11.7. The summed E-state index contributed by atoms with van der Waals surface area (Å²) >= 11 is 0. The van der Waals surface area contributed by atoms with E-state index in [-0.39, 0.29) is 29.1 Å². The van der Waals surface area contributed by atoms with Crippen LogP contribution in [0.15, 0.2) is 66.7 Å². The maximum absolute atomic E-state index is 14.7. The highest BCUT2D eigenvalue weighted by atomic mass is 19.4. The lowest BCUT2D eigenvalue weighted by molar-refractivity contribution is -0.348. The molecule has 0 aliphatic carbocycles. The van der Waals surface area contributed by atoms with Gasteiger partial charge in [0.1, 0.15) is 6.73 Å². The van der Waals surface area contributed by atoms with E-state index in [1.54, 1.807) is 36.4 Å². The number of methoxy groups -OCH3 is 1. The molecule has 2 amide bonds. The highest BCUT2D eigenvalue weighted by molar-refractivity contribution is 6.09. The van der Waals surface area contributed by atoms with Gasteiger partial charge in [-0.3, -0.25) is 14.5 Å². The van der Waals surface area contributed by atoms with Gasteiger partial charge in [-0.05, 0) is 55.3 Å². The van der Waals surface area contributed by atoms with E-state index in [2.05, 4.69) is 0 Å². The van der Waals surface area contributed by atoms with Gasteiger partial charge < -0.3 is 9.64 Å². The number of carbonyl (C=O) groups is 2. The van der Waals surface area contributed by atoms with Crippen LogP contribution < -0.4 is 9.80 Å². The number of rotatable bonds is 7. The second-order valence-electron chi connectivity index (χ2n) is 9.04. The number of amides is 2. The Balaban J connectivity index is 2.00. The first-order chi connectivity index (χ1) is 18.5. The molecule has 5 nitrogen and oxygen atoms in total. The minimum absolute atomic E-state index is 0.0000355. The number of nitrogens with zero attached hydrogens (tertiary/aromatic N) is 2. The van der Waals surface area contributed by atoms with Gasteiger partial charge in [0.2, 0.25) is 0 Å². The zero-order valence-electron chi connectivity index (χ0n) is 21.8. The number of anilines is 2. The van der Waals surface area contributed by atoms with E-state index in [0.29, 0.717) is 23.4 Å². The third-order valence-electron chi connectivity index (χ3n) is 6.24. The molecule has 0 bridgehead atoms. The topological polar surface area (TPSA) is 49.9 Å². The quantitative estimate of drug-likeness (QED) is 0.225. The molecule has 0 atom stereocenters. The maximum Gasteiger partial charge on any atom is 0.435 e. The van der Waals surface area contributed by atoms with Gasteiger partial charge in [-0.2, -0.15) is 26.3 Å². The average Bonchev–Trinajstić information content (AvgIpc) is 2.89. The lowest BCUT2D eigenvalue weighted by Gasteiger charge is -2.32. The molecule has 0 fully saturated rings. The van der Waals surface area contributed by atoms with Crippen LogP contribution in [0, 0.1) is 13.8 Å². The predicted molar refractivity (Wildman–Crippen MR) is 135 cm³/mol. The standard InChI is InChI=1S/C28H25F7N2O3/c1-17-13-21(26(29,27(30,31)32)28(33,34)35)14-18(2)23(17)36(3)24(38)20-11-8-12-22(15-20)37(16-40-4)25(39)19-9-6-5-7-10-19/h5-15H,16H2,1-4H3. The van der Waals surface area contributed by atoms with Crippen molar-refractivity contribution >= 4 is 23.2 Å². The van der Waals surface area contributed by atoms with Crippen LogP contribution in [0.3, 0.4) is 0 Å². The molecule has 3 aromatic rings. The minimum Gasteiger partial charge on any atom is -0.364 e. The number of hydrogen-bond donors (Lipinski definition) is 0. The number of aryl methyl sites for hydroxylation is 2. The molecule has 3 aromatic carbocycles. The van der Waals surface area contributed by atoms with Crippen LogP contribution in [0.2, 0.25) is 0 Å². The highest BCUT2D eigenvalue weighted by Crippen LogP contribution is 2.54. The smallest absolute Gasteiger partial charge is 0.364 e. The van der Waals surface area contributed by atoms with Crippen molar-refractivity contribution in [2.45, 2.75) is 31.9 Å². The van der Waals surface area contributed by atoms with Gasteiger partial charge in [0, 0.05) is 42.2 Å². The second-order valence-corrected chi connectivity index (χ2v) is 9.04. The molecule has 0 saturated carbocycles. The SMILES string of the molecule is COCN(C(=O)c1ccccc1)c1cccc(C(=O)N(C)c2c(C)cc(C(F)(C(F)(F)F)C(F)(F)F)cc2C)c1. The minimum atomic E-state index is -6.26. The second kappa shape index (κ2) is 11.3. The average molecular weight is 571 g/mol. The van der Waals surface area contributed by atoms with Crippen molar-refractivity contribution in [3.05, 3.63) is 94.5 Å². The first kappa shape index (κ1) is 30.6. The van der Waals surface area contributed by atoms with Gasteiger partial charge in [0.05, 0.1) is 0 Å². The maximum atomic E-state index is 14.7. The van der Waals surface area contributed by atoms with Crippen LogP contribution in [-0.4, -0.2) is 45.1 Å². The van der Waals surface area contributed by atoms with E-state index in [4.69, 9.17) is 4.74 Å². The van der Waals surface area contributed by atoms with E-state index >= 15 is 0 Å². The molecule has 12 heteroatoms. The molecule has 214 valence electrons. The Labute approximate surface area is 225 Å². The van der Waals surface area contributed by atoms with E-state index in [9.17, 15) is 40.3 Å². The van der Waals surface area contributed by atoms with Crippen molar-refractivity contribution in [3.8, 4) is 0 Å². The molecule has 40 heavy (non-hydrogen) atoms. The number of benzene rings is 3. The number of carbonyl (C=O) groups excluding carboxylic acids is 2. The summed E-state index contributed by atoms with van der Waals surface area (Å²) in [6.45, 7) is 2.21. The molecule has 3 rings (SSSR count). The van der Waals surface area contributed by atoms with Crippen molar-refractivity contribution in [2.24, 2.45) is 0 Å². The molecule has 0 unspecified atom stereocenters. The zero-order chi connectivity index (χ0) is 30.0. The largest absolute Gasteiger partial charge is 0.435 e. The molecule has 0 aliphatic rings. The van der Waals surface area contributed by atoms with Gasteiger partial charge in [-0.1, -0.05) is 36.4 Å². The summed E-state index contributed by atoms with van der Waals surface area (Å²) < 4.78 is 99.5. The summed E-state index contributed by atoms with van der Waals surface area (Å²) in [5.41, 5.74) is -6.87. The Morgan fingerprint density at radius 3 is 1.77 bits per heavy atom. The van der Waals surface area contributed by atoms with Crippen LogP contribution in [0.1, 0.15) is 37.4 Å². The monoisotopic (exact) mass is 570 g/mol. The van der Waals surface area contributed by atoms with Gasteiger partial charge in [-0.25, -0.2) is 4.39 Å². The summed E-state index contributed by atoms with van der Waals surface area (Å²) in [6.07, 6.45) is -12.5. The number of alkyl halides is 7. The Morgan fingerprint density at radius 1 is 0.750 bits per heavy atom. The van der Waals surface area contributed by atoms with Gasteiger partial charge >= 0.3 is 18.0 Å². The summed E-state index contributed by atoms with van der Waals surface area (Å²) in [5, 5.41) is 0. The van der Waals surface area contributed by atoms with Crippen molar-refractivity contribution in [1.29, 1.82) is 0 Å². The van der Waals surface area contributed by atoms with Gasteiger partial charge in [0.15, 0.2) is 0 Å². The van der Waals surface area contributed by atoms with Gasteiger partial charge in [0.25, 0.3) is 11.8 Å². The van der Waals surface area contributed by atoms with Crippen molar-refractivity contribution in [2.75, 3.05) is 30.7 Å². The third kappa shape index (κ3) is 5.67. The van der Waals surface area contributed by atoms with E-state index < -0.39 is 35.4 Å². The molecule has 0 heterocycles. The normalized spacial score (nSPS) is 12.3. The fraction of sp³-hybridized carbons (Fsp3) is 0.286. The predicted octanol–water partition coefficient (Wildman–Crippen LogP) is 7.12. The van der Waals surface area contributed by atoms with Crippen LogP contribution in [0.25, 0.3) is 0 Å². The molecular formula is C28H25F7N2O3. The summed E-state index contributed by atoms with van der Waals surface area (Å²) in [7, 11) is 2.66. The summed E-state index contributed by atoms with van der Waals surface area (Å²) in [4.78, 5) is 28.8. The van der Waals surface area contributed by atoms with Crippen LogP contribution in [0.4, 0.5) is 42.1 Å². The zero-order valence-corrected chi connectivity index (χ0v) is 21.8. The number of hydrogen-bond acceptors (Lipinski definition) is 3. The Hall–Kier alpha value is -3.93. The Bertz CT molecular complexity index is 1350. The molecule has 0 saturated heterocycles. The van der Waals surface area contributed by atoms with Crippen LogP contribution in [-0.2, 0) is 10.4 Å². The summed E-state index contributed by atoms with van der Waals surface area (Å²) in [6, 6.07) is 15.1. The Kier molecular flexibility index (Phi) is 8.63. The third-order valence-corrected chi connectivity index (χ3v) is 6.24. The lowest BCUT2D eigenvalue weighted by atomic mass is 9.90. The summed E-state index contributed by atoms with van der Waals surface area (Å²) in [5.74, 6) is -1.09. The van der Waals surface area contributed by atoms with E-state index in [1.165, 1.54) is 51.1 Å². The van der Waals surface area contributed by atoms with Crippen LogP contribution >= 0.6 is 0 Å². The van der Waals surface area contributed by atoms with Crippen molar-refractivity contribution in [3.63, 3.8) is 0 Å². The van der Waals surface area contributed by atoms with E-state index in [0.717, 1.165) is 4.90 Å². The fourth-order valence-electron chi connectivity index (χ4n) is 4.39. The highest BCUT2D eigenvalue weighted by Gasteiger charge is 2.73. The van der Waals surface area contributed by atoms with E-state index in [1.807, 2.05) is 0 Å².